The molecule has 0 radical (unpaired) electrons. The van der Waals surface area contributed by atoms with Gasteiger partial charge in [-0.15, -0.1) is 0 Å². The number of hydrogen-bond acceptors (Lipinski definition) is 6. The first-order chi connectivity index (χ1) is 18.7. The first kappa shape index (κ1) is 29.2. The highest BCUT2D eigenvalue weighted by Gasteiger charge is 2.17. The van der Waals surface area contributed by atoms with Gasteiger partial charge in [-0.25, -0.2) is 0 Å². The summed E-state index contributed by atoms with van der Waals surface area (Å²) in [7, 11) is 0. The van der Waals surface area contributed by atoms with Gasteiger partial charge in [0.1, 0.15) is 11.5 Å². The van der Waals surface area contributed by atoms with Crippen LogP contribution in [0.1, 0.15) is 39.0 Å². The highest BCUT2D eigenvalue weighted by molar-refractivity contribution is 5.88. The van der Waals surface area contributed by atoms with Gasteiger partial charge in [0.05, 0.1) is 25.9 Å². The largest absolute Gasteiger partial charge is 0.494 e. The van der Waals surface area contributed by atoms with E-state index >= 15 is 0 Å². The van der Waals surface area contributed by atoms with Gasteiger partial charge in [0.25, 0.3) is 0 Å². The number of aryl methyl sites for hydroxylation is 1. The second kappa shape index (κ2) is 15.8. The number of fused-ring (bicyclic) bond motifs is 1. The van der Waals surface area contributed by atoms with E-state index in [0.717, 1.165) is 63.9 Å². The zero-order valence-electron chi connectivity index (χ0n) is 22.6. The Kier molecular flexibility index (Phi) is 12.1. The topological polar surface area (TPSA) is 103 Å². The third-order valence-corrected chi connectivity index (χ3v) is 6.94. The van der Waals surface area contributed by atoms with Crippen LogP contribution in [0, 0.1) is 5.41 Å². The molecule has 2 aromatic carbocycles. The molecule has 0 atom stereocenters. The number of hydrogen-bond donors (Lipinski definition) is 2. The monoisotopic (exact) mass is 522 g/mol. The van der Waals surface area contributed by atoms with Crippen LogP contribution in [0.4, 0.5) is 0 Å². The van der Waals surface area contributed by atoms with E-state index in [9.17, 15) is 0 Å². The predicted octanol–water partition coefficient (Wildman–Crippen LogP) is 5.12. The number of primary amides is 1. The highest BCUT2D eigenvalue weighted by atomic mass is 16.5. The normalized spacial score (nSPS) is 15.7. The van der Waals surface area contributed by atoms with Crippen LogP contribution in [-0.4, -0.2) is 68.2 Å². The third-order valence-electron chi connectivity index (χ3n) is 6.94. The minimum atomic E-state index is 0.250. The van der Waals surface area contributed by atoms with Crippen LogP contribution in [0.15, 0.2) is 48.5 Å². The lowest BCUT2D eigenvalue weighted by Gasteiger charge is -2.26. The summed E-state index contributed by atoms with van der Waals surface area (Å²) in [6.45, 7) is 11.2. The molecular weight excluding hydrogens is 480 g/mol. The van der Waals surface area contributed by atoms with E-state index in [1.807, 2.05) is 0 Å². The van der Waals surface area contributed by atoms with Crippen molar-refractivity contribution in [3.63, 3.8) is 0 Å². The van der Waals surface area contributed by atoms with Gasteiger partial charge < -0.3 is 29.9 Å². The molecule has 0 bridgehead atoms. The predicted molar refractivity (Wildman–Crippen MR) is 153 cm³/mol. The van der Waals surface area contributed by atoms with Crippen molar-refractivity contribution >= 4 is 24.0 Å². The van der Waals surface area contributed by atoms with E-state index in [4.69, 9.17) is 24.4 Å². The van der Waals surface area contributed by atoms with Gasteiger partial charge in [-0.2, -0.15) is 0 Å². The molecule has 5 rings (SSSR count). The van der Waals surface area contributed by atoms with Gasteiger partial charge in [0, 0.05) is 42.8 Å². The van der Waals surface area contributed by atoms with Gasteiger partial charge in [0.15, 0.2) is 0 Å². The summed E-state index contributed by atoms with van der Waals surface area (Å²) < 4.78 is 20.0. The van der Waals surface area contributed by atoms with Crippen LogP contribution in [0.3, 0.4) is 0 Å². The van der Waals surface area contributed by atoms with Crippen molar-refractivity contribution in [3.05, 3.63) is 48.5 Å². The summed E-state index contributed by atoms with van der Waals surface area (Å²) in [4.78, 5) is 11.0. The quantitative estimate of drug-likeness (QED) is 0.231. The van der Waals surface area contributed by atoms with Crippen molar-refractivity contribution in [3.8, 4) is 22.8 Å². The summed E-state index contributed by atoms with van der Waals surface area (Å²) in [5.74, 6) is 1.93. The van der Waals surface area contributed by atoms with Gasteiger partial charge in [-0.1, -0.05) is 0 Å². The lowest BCUT2D eigenvalue weighted by atomic mass is 10.1. The van der Waals surface area contributed by atoms with Crippen molar-refractivity contribution < 1.29 is 19.0 Å². The Morgan fingerprint density at radius 2 is 1.71 bits per heavy atom. The fraction of sp³-hybridized carbons (Fsp3) is 0.467. The number of carbonyl (C=O) groups is 1. The molecule has 1 saturated heterocycles. The van der Waals surface area contributed by atoms with Crippen LogP contribution in [-0.2, 0) is 16.1 Å². The van der Waals surface area contributed by atoms with E-state index in [-0.39, 0.29) is 6.41 Å². The summed E-state index contributed by atoms with van der Waals surface area (Å²) in [6, 6.07) is 17.4. The standard InChI is InChI=1S/C28H36N2O3.CH3NO.CH3N/c1-2-30-27-13-12-26(32-17-5-14-29-15-18-31-19-16-29)20-23(27)21-28(30)22-8-10-25(11-9-22)33-24-6-3-4-7-24;2-1-3;1-2/h8-13,20-21,24H,2-7,14-19H2,1H3;1H,(H2,2,3);2H,1H2. The zero-order valence-corrected chi connectivity index (χ0v) is 22.6. The summed E-state index contributed by atoms with van der Waals surface area (Å²) in [5, 5.41) is 6.73. The summed E-state index contributed by atoms with van der Waals surface area (Å²) >= 11 is 0. The first-order valence-electron chi connectivity index (χ1n) is 13.6. The maximum absolute atomic E-state index is 8.58. The minimum absolute atomic E-state index is 0.250. The molecule has 0 unspecified atom stereocenters. The van der Waals surface area contributed by atoms with Crippen molar-refractivity contribution in [2.75, 3.05) is 39.5 Å². The van der Waals surface area contributed by atoms with Crippen LogP contribution < -0.4 is 15.2 Å². The maximum atomic E-state index is 8.58. The minimum Gasteiger partial charge on any atom is -0.494 e. The van der Waals surface area contributed by atoms with E-state index in [1.165, 1.54) is 47.8 Å². The van der Waals surface area contributed by atoms with E-state index in [0.29, 0.717) is 6.10 Å². The zero-order chi connectivity index (χ0) is 27.2. The number of nitrogens with one attached hydrogen (secondary N) is 1. The Morgan fingerprint density at radius 3 is 2.37 bits per heavy atom. The molecule has 3 N–H and O–H groups in total. The molecule has 1 amide bonds. The van der Waals surface area contributed by atoms with Crippen molar-refractivity contribution in [2.45, 2.75) is 51.7 Å². The maximum Gasteiger partial charge on any atom is 0.204 e. The Morgan fingerprint density at radius 1 is 1.05 bits per heavy atom. The van der Waals surface area contributed by atoms with Crippen molar-refractivity contribution in [1.82, 2.24) is 9.47 Å². The van der Waals surface area contributed by atoms with Gasteiger partial charge in [-0.05, 0) is 99.8 Å². The number of morpholine rings is 1. The van der Waals surface area contributed by atoms with E-state index in [2.05, 4.69) is 77.4 Å². The van der Waals surface area contributed by atoms with Crippen LogP contribution >= 0.6 is 0 Å². The molecule has 1 aliphatic heterocycles. The van der Waals surface area contributed by atoms with Crippen LogP contribution in [0.25, 0.3) is 22.2 Å². The van der Waals surface area contributed by atoms with Gasteiger partial charge in [0.2, 0.25) is 6.41 Å². The molecular formula is C30H42N4O4. The number of nitrogens with zero attached hydrogens (tertiary/aromatic N) is 2. The number of ether oxygens (including phenoxy) is 3. The van der Waals surface area contributed by atoms with Gasteiger partial charge >= 0.3 is 0 Å². The number of amides is 1. The molecule has 0 spiro atoms. The van der Waals surface area contributed by atoms with Crippen LogP contribution in [0.2, 0.25) is 0 Å². The Balaban J connectivity index is 0.000000748. The molecule has 2 heterocycles. The SMILES string of the molecule is C=N.CCn1c(-c2ccc(OC3CCCC3)cc2)cc2cc(OCCCN3CCOCC3)ccc21.NC=O. The van der Waals surface area contributed by atoms with E-state index in [1.54, 1.807) is 0 Å². The molecule has 1 aromatic heterocycles. The Hall–Kier alpha value is -3.36. The Labute approximate surface area is 226 Å². The molecule has 1 saturated carbocycles. The third kappa shape index (κ3) is 8.07. The molecule has 2 aliphatic rings. The average Bonchev–Trinajstić information content (AvgIpc) is 3.61. The molecule has 38 heavy (non-hydrogen) atoms. The lowest BCUT2D eigenvalue weighted by molar-refractivity contribution is -0.106. The fourth-order valence-corrected chi connectivity index (χ4v) is 5.12. The molecule has 3 aromatic rings. The highest BCUT2D eigenvalue weighted by Crippen LogP contribution is 2.32. The number of aromatic nitrogens is 1. The molecule has 8 nitrogen and oxygen atoms in total. The van der Waals surface area contributed by atoms with Crippen molar-refractivity contribution in [2.24, 2.45) is 5.73 Å². The second-order valence-electron chi connectivity index (χ2n) is 9.34. The molecule has 8 heteroatoms. The fourth-order valence-electron chi connectivity index (χ4n) is 5.12. The Bertz CT molecular complexity index is 1100. The summed E-state index contributed by atoms with van der Waals surface area (Å²) in [5.41, 5.74) is 7.88. The molecule has 2 fully saturated rings. The number of carbonyl (C=O) groups excluding carboxylic acids is 1. The van der Waals surface area contributed by atoms with E-state index < -0.39 is 0 Å². The number of rotatable bonds is 9. The van der Waals surface area contributed by atoms with Crippen LogP contribution in [0.5, 0.6) is 11.5 Å². The van der Waals surface area contributed by atoms with Gasteiger partial charge in [-0.3, -0.25) is 9.69 Å². The average molecular weight is 523 g/mol. The smallest absolute Gasteiger partial charge is 0.204 e. The molecule has 206 valence electrons. The van der Waals surface area contributed by atoms with Crippen molar-refractivity contribution in [1.29, 1.82) is 5.41 Å². The summed E-state index contributed by atoms with van der Waals surface area (Å²) in [6.07, 6.45) is 6.63. The second-order valence-corrected chi connectivity index (χ2v) is 9.34. The lowest BCUT2D eigenvalue weighted by Crippen LogP contribution is -2.37. The molecule has 1 aliphatic carbocycles. The first-order valence-corrected chi connectivity index (χ1v) is 13.6. The number of benzene rings is 2. The number of nitrogens with two attached hydrogens (primary N) is 1.